The Bertz CT molecular complexity index is 657. The van der Waals surface area contributed by atoms with Crippen LogP contribution in [0, 0.1) is 0 Å². The second-order valence-electron chi connectivity index (χ2n) is 4.05. The fourth-order valence-electron chi connectivity index (χ4n) is 1.99. The Balaban J connectivity index is 1.88. The molecular formula is C11H13N5O2. The monoisotopic (exact) mass is 247 g/mol. The van der Waals surface area contributed by atoms with Crippen LogP contribution in [0.5, 0.6) is 0 Å². The highest BCUT2D eigenvalue weighted by Crippen LogP contribution is 2.13. The first-order valence-electron chi connectivity index (χ1n) is 5.61. The molecule has 7 nitrogen and oxygen atoms in total. The van der Waals surface area contributed by atoms with E-state index in [-0.39, 0.29) is 17.7 Å². The van der Waals surface area contributed by atoms with E-state index in [1.165, 1.54) is 0 Å². The van der Waals surface area contributed by atoms with Crippen LogP contribution in [0.1, 0.15) is 5.56 Å². The van der Waals surface area contributed by atoms with Crippen molar-refractivity contribution in [3.05, 3.63) is 34.3 Å². The van der Waals surface area contributed by atoms with Crippen molar-refractivity contribution >= 4 is 17.0 Å². The zero-order chi connectivity index (χ0) is 12.5. The molecule has 1 atom stereocenters. The number of nitrogens with two attached hydrogens (primary N) is 1. The molecule has 0 bridgehead atoms. The second kappa shape index (κ2) is 4.28. The van der Waals surface area contributed by atoms with Crippen LogP contribution in [0.2, 0.25) is 0 Å². The van der Waals surface area contributed by atoms with Crippen molar-refractivity contribution in [1.29, 1.82) is 0 Å². The van der Waals surface area contributed by atoms with Crippen molar-refractivity contribution in [1.82, 2.24) is 20.3 Å². The van der Waals surface area contributed by atoms with Crippen LogP contribution >= 0.6 is 0 Å². The summed E-state index contributed by atoms with van der Waals surface area (Å²) in [4.78, 5) is 21.3. The standard InChI is InChI=1S/C11H13N5O2/c12-11-15-9-8(10(17)16-11)6(5-14-9)4-13-7-2-1-3-18-7/h1-2,5,7,13H,3-4H2,(H4,12,14,15,16,17). The van der Waals surface area contributed by atoms with Crippen LogP contribution in [0.25, 0.3) is 11.0 Å². The molecule has 1 aliphatic heterocycles. The molecule has 1 aliphatic rings. The van der Waals surface area contributed by atoms with E-state index in [4.69, 9.17) is 10.5 Å². The van der Waals surface area contributed by atoms with Crippen LogP contribution in [0.4, 0.5) is 5.95 Å². The average Bonchev–Trinajstić information content (AvgIpc) is 2.94. The summed E-state index contributed by atoms with van der Waals surface area (Å²) in [6.45, 7) is 1.13. The van der Waals surface area contributed by atoms with Gasteiger partial charge >= 0.3 is 0 Å². The average molecular weight is 247 g/mol. The number of aromatic amines is 2. The molecule has 3 heterocycles. The summed E-state index contributed by atoms with van der Waals surface area (Å²) in [7, 11) is 0. The smallest absolute Gasteiger partial charge is 0.262 e. The zero-order valence-electron chi connectivity index (χ0n) is 9.56. The van der Waals surface area contributed by atoms with Crippen LogP contribution in [-0.2, 0) is 11.3 Å². The molecule has 0 aromatic carbocycles. The minimum Gasteiger partial charge on any atom is -0.369 e. The molecule has 0 radical (unpaired) electrons. The summed E-state index contributed by atoms with van der Waals surface area (Å²) >= 11 is 0. The summed E-state index contributed by atoms with van der Waals surface area (Å²) in [5, 5.41) is 3.70. The second-order valence-corrected chi connectivity index (χ2v) is 4.05. The Morgan fingerprint density at radius 2 is 2.50 bits per heavy atom. The van der Waals surface area contributed by atoms with Gasteiger partial charge in [-0.3, -0.25) is 15.1 Å². The van der Waals surface area contributed by atoms with Gasteiger partial charge in [-0.05, 0) is 11.6 Å². The van der Waals surface area contributed by atoms with Crippen LogP contribution in [-0.4, -0.2) is 27.8 Å². The predicted octanol–water partition coefficient (Wildman–Crippen LogP) is -0.165. The first-order chi connectivity index (χ1) is 8.74. The van der Waals surface area contributed by atoms with Crippen molar-refractivity contribution in [2.45, 2.75) is 12.8 Å². The number of aromatic nitrogens is 3. The van der Waals surface area contributed by atoms with Crippen molar-refractivity contribution in [2.75, 3.05) is 12.3 Å². The summed E-state index contributed by atoms with van der Waals surface area (Å²) in [5.41, 5.74) is 6.57. The highest BCUT2D eigenvalue weighted by molar-refractivity contribution is 5.79. The number of hydrogen-bond acceptors (Lipinski definition) is 5. The van der Waals surface area contributed by atoms with Crippen LogP contribution in [0.15, 0.2) is 23.1 Å². The van der Waals surface area contributed by atoms with E-state index < -0.39 is 0 Å². The van der Waals surface area contributed by atoms with Crippen molar-refractivity contribution in [3.8, 4) is 0 Å². The predicted molar refractivity (Wildman–Crippen MR) is 66.8 cm³/mol. The van der Waals surface area contributed by atoms with Crippen LogP contribution < -0.4 is 16.6 Å². The molecular weight excluding hydrogens is 234 g/mol. The SMILES string of the molecule is Nc1nc2[nH]cc(CNC3C=CCO3)c2c(=O)[nH]1. The van der Waals surface area contributed by atoms with Gasteiger partial charge in [-0.15, -0.1) is 0 Å². The number of ether oxygens (including phenoxy) is 1. The van der Waals surface area contributed by atoms with E-state index in [1.807, 2.05) is 12.2 Å². The van der Waals surface area contributed by atoms with Gasteiger partial charge in [0.25, 0.3) is 5.56 Å². The molecule has 0 saturated heterocycles. The maximum Gasteiger partial charge on any atom is 0.262 e. The van der Waals surface area contributed by atoms with Gasteiger partial charge in [0.2, 0.25) is 5.95 Å². The van der Waals surface area contributed by atoms with Gasteiger partial charge in [0.15, 0.2) is 0 Å². The molecule has 18 heavy (non-hydrogen) atoms. The van der Waals surface area contributed by atoms with Gasteiger partial charge in [0, 0.05) is 12.7 Å². The van der Waals surface area contributed by atoms with Gasteiger partial charge in [0.05, 0.1) is 12.0 Å². The first kappa shape index (κ1) is 11.0. The maximum absolute atomic E-state index is 11.8. The number of nitrogen functional groups attached to an aromatic ring is 1. The molecule has 0 spiro atoms. The lowest BCUT2D eigenvalue weighted by atomic mass is 10.2. The Morgan fingerprint density at radius 3 is 3.28 bits per heavy atom. The Labute approximate surface area is 102 Å². The van der Waals surface area contributed by atoms with Gasteiger partial charge < -0.3 is 15.5 Å². The van der Waals surface area contributed by atoms with Gasteiger partial charge in [-0.25, -0.2) is 0 Å². The molecule has 7 heteroatoms. The number of anilines is 1. The summed E-state index contributed by atoms with van der Waals surface area (Å²) in [5.74, 6) is 0.107. The van der Waals surface area contributed by atoms with E-state index in [9.17, 15) is 4.79 Å². The molecule has 2 aromatic heterocycles. The van der Waals surface area contributed by atoms with Gasteiger partial charge in [-0.1, -0.05) is 6.08 Å². The van der Waals surface area contributed by atoms with E-state index in [0.717, 1.165) is 5.56 Å². The largest absolute Gasteiger partial charge is 0.369 e. The number of hydrogen-bond donors (Lipinski definition) is 4. The highest BCUT2D eigenvalue weighted by atomic mass is 16.5. The maximum atomic E-state index is 11.8. The van der Waals surface area contributed by atoms with Crippen molar-refractivity contribution < 1.29 is 4.74 Å². The zero-order valence-corrected chi connectivity index (χ0v) is 9.56. The third-order valence-electron chi connectivity index (χ3n) is 2.82. The summed E-state index contributed by atoms with van der Waals surface area (Å²) < 4.78 is 5.36. The Morgan fingerprint density at radius 1 is 1.61 bits per heavy atom. The lowest BCUT2D eigenvalue weighted by Gasteiger charge is -2.09. The van der Waals surface area contributed by atoms with Gasteiger partial charge in [0.1, 0.15) is 11.9 Å². The minimum atomic E-state index is -0.238. The van der Waals surface area contributed by atoms with Crippen molar-refractivity contribution in [2.24, 2.45) is 0 Å². The topological polar surface area (TPSA) is 109 Å². The number of nitrogens with one attached hydrogen (secondary N) is 3. The number of nitrogens with zero attached hydrogens (tertiary/aromatic N) is 1. The summed E-state index contributed by atoms with van der Waals surface area (Å²) in [6.07, 6.45) is 5.53. The quantitative estimate of drug-likeness (QED) is 0.563. The number of H-pyrrole nitrogens is 2. The van der Waals surface area contributed by atoms with Crippen LogP contribution in [0.3, 0.4) is 0 Å². The molecule has 94 valence electrons. The summed E-state index contributed by atoms with van der Waals surface area (Å²) in [6, 6.07) is 0. The molecule has 1 unspecified atom stereocenters. The Hall–Kier alpha value is -2.12. The first-order valence-corrected chi connectivity index (χ1v) is 5.61. The molecule has 0 fully saturated rings. The fraction of sp³-hybridized carbons (Fsp3) is 0.273. The van der Waals surface area contributed by atoms with E-state index >= 15 is 0 Å². The molecule has 3 rings (SSSR count). The lowest BCUT2D eigenvalue weighted by Crippen LogP contribution is -2.27. The normalized spacial score (nSPS) is 18.8. The molecule has 2 aromatic rings. The highest BCUT2D eigenvalue weighted by Gasteiger charge is 2.13. The third kappa shape index (κ3) is 1.89. The molecule has 0 saturated carbocycles. The lowest BCUT2D eigenvalue weighted by molar-refractivity contribution is 0.101. The fourth-order valence-corrected chi connectivity index (χ4v) is 1.99. The van der Waals surface area contributed by atoms with E-state index in [1.54, 1.807) is 6.20 Å². The van der Waals surface area contributed by atoms with Crippen molar-refractivity contribution in [3.63, 3.8) is 0 Å². The third-order valence-corrected chi connectivity index (χ3v) is 2.82. The number of fused-ring (bicyclic) bond motifs is 1. The Kier molecular flexibility index (Phi) is 2.62. The van der Waals surface area contributed by atoms with E-state index in [2.05, 4.69) is 20.3 Å². The molecule has 5 N–H and O–H groups in total. The minimum absolute atomic E-state index is 0.101. The molecule has 0 aliphatic carbocycles. The molecule has 0 amide bonds. The number of rotatable bonds is 3. The van der Waals surface area contributed by atoms with Gasteiger partial charge in [-0.2, -0.15) is 4.98 Å². The van der Waals surface area contributed by atoms with E-state index in [0.29, 0.717) is 24.2 Å².